The molecule has 0 saturated carbocycles. The molecular formula is C33H40N6O4. The lowest BCUT2D eigenvalue weighted by molar-refractivity contribution is 0.0206. The smallest absolute Gasteiger partial charge is 0.410 e. The Hall–Kier alpha value is -4.44. The Morgan fingerprint density at radius 1 is 1.09 bits per heavy atom. The molecule has 5 rings (SSSR count). The number of benzene rings is 2. The van der Waals surface area contributed by atoms with E-state index in [0.29, 0.717) is 42.9 Å². The van der Waals surface area contributed by atoms with Gasteiger partial charge in [-0.2, -0.15) is 0 Å². The molecule has 1 aliphatic heterocycles. The lowest BCUT2D eigenvalue weighted by Crippen LogP contribution is -2.47. The van der Waals surface area contributed by atoms with Crippen molar-refractivity contribution >= 4 is 28.5 Å². The number of pyridine rings is 1. The van der Waals surface area contributed by atoms with Gasteiger partial charge in [0.25, 0.3) is 0 Å². The molecular weight excluding hydrogens is 544 g/mol. The minimum atomic E-state index is -0.541. The monoisotopic (exact) mass is 584 g/mol. The molecule has 10 nitrogen and oxygen atoms in total. The van der Waals surface area contributed by atoms with Gasteiger partial charge in [-0.3, -0.25) is 0 Å². The van der Waals surface area contributed by atoms with Crippen LogP contribution in [0.5, 0.6) is 11.6 Å². The van der Waals surface area contributed by atoms with Crippen LogP contribution in [0.3, 0.4) is 0 Å². The number of aromatic nitrogens is 3. The zero-order valence-corrected chi connectivity index (χ0v) is 25.4. The Bertz CT molecular complexity index is 1590. The first-order valence-corrected chi connectivity index (χ1v) is 14.7. The molecule has 1 unspecified atom stereocenters. The Labute approximate surface area is 252 Å². The van der Waals surface area contributed by atoms with Crippen molar-refractivity contribution in [3.05, 3.63) is 66.5 Å². The maximum Gasteiger partial charge on any atom is 0.410 e. The van der Waals surface area contributed by atoms with E-state index in [4.69, 9.17) is 14.5 Å². The second-order valence-corrected chi connectivity index (χ2v) is 12.0. The zero-order chi connectivity index (χ0) is 30.6. The number of hydrogen-bond donors (Lipinski definition) is 3. The number of anilines is 2. The molecule has 0 bridgehead atoms. The summed E-state index contributed by atoms with van der Waals surface area (Å²) >= 11 is 0. The fourth-order valence-corrected chi connectivity index (χ4v) is 5.10. The van der Waals surface area contributed by atoms with Gasteiger partial charge < -0.3 is 30.1 Å². The van der Waals surface area contributed by atoms with Crippen LogP contribution in [0.25, 0.3) is 22.0 Å². The normalized spacial score (nSPS) is 16.0. The molecule has 0 spiro atoms. The summed E-state index contributed by atoms with van der Waals surface area (Å²) in [5, 5.41) is 18.4. The average Bonchev–Trinajstić information content (AvgIpc) is 2.97. The fourth-order valence-electron chi connectivity index (χ4n) is 5.10. The number of carbonyl (C=O) groups is 1. The van der Waals surface area contributed by atoms with Crippen molar-refractivity contribution in [3.63, 3.8) is 0 Å². The number of rotatable bonds is 8. The molecule has 2 aromatic carbocycles. The lowest BCUT2D eigenvalue weighted by atomic mass is 10.0. The van der Waals surface area contributed by atoms with Crippen molar-refractivity contribution < 1.29 is 19.4 Å². The average molecular weight is 585 g/mol. The number of aryl methyl sites for hydroxylation is 1. The molecule has 3 N–H and O–H groups in total. The van der Waals surface area contributed by atoms with E-state index in [1.807, 2.05) is 70.2 Å². The number of nitrogens with one attached hydrogen (secondary N) is 2. The maximum absolute atomic E-state index is 12.6. The maximum atomic E-state index is 12.6. The second kappa shape index (κ2) is 12.8. The van der Waals surface area contributed by atoms with E-state index in [2.05, 4.69) is 26.7 Å². The molecule has 0 aliphatic carbocycles. The number of hydrogen-bond acceptors (Lipinski definition) is 9. The lowest BCUT2D eigenvalue weighted by Gasteiger charge is -2.34. The van der Waals surface area contributed by atoms with Crippen molar-refractivity contribution in [2.45, 2.75) is 65.2 Å². The van der Waals surface area contributed by atoms with E-state index in [9.17, 15) is 9.90 Å². The van der Waals surface area contributed by atoms with Gasteiger partial charge in [0.2, 0.25) is 11.8 Å². The summed E-state index contributed by atoms with van der Waals surface area (Å²) in [4.78, 5) is 28.2. The molecule has 4 aromatic rings. The van der Waals surface area contributed by atoms with Crippen molar-refractivity contribution in [3.8, 4) is 22.9 Å². The van der Waals surface area contributed by atoms with Gasteiger partial charge in [0.15, 0.2) is 0 Å². The number of likely N-dealkylation sites (tertiary alicyclic amines) is 1. The number of nitrogens with zero attached hydrogens (tertiary/aromatic N) is 4. The molecule has 226 valence electrons. The zero-order valence-electron chi connectivity index (χ0n) is 25.4. The van der Waals surface area contributed by atoms with E-state index in [1.54, 1.807) is 24.2 Å². The quantitative estimate of drug-likeness (QED) is 0.216. The Balaban J connectivity index is 1.38. The minimum absolute atomic E-state index is 0.00361. The molecule has 2 atom stereocenters. The van der Waals surface area contributed by atoms with Crippen LogP contribution >= 0.6 is 0 Å². The van der Waals surface area contributed by atoms with Crippen LogP contribution in [0, 0.1) is 6.92 Å². The van der Waals surface area contributed by atoms with Gasteiger partial charge in [0, 0.05) is 54.5 Å². The number of ether oxygens (including phenoxy) is 2. The molecule has 1 amide bonds. The van der Waals surface area contributed by atoms with Crippen LogP contribution in [0.15, 0.2) is 60.9 Å². The topological polar surface area (TPSA) is 122 Å². The molecule has 1 aliphatic rings. The highest BCUT2D eigenvalue weighted by Gasteiger charge is 2.28. The Morgan fingerprint density at radius 3 is 2.72 bits per heavy atom. The summed E-state index contributed by atoms with van der Waals surface area (Å²) in [5.74, 6) is 1.60. The summed E-state index contributed by atoms with van der Waals surface area (Å²) in [7, 11) is 0. The number of amides is 1. The van der Waals surface area contributed by atoms with Gasteiger partial charge in [-0.05, 0) is 77.3 Å². The van der Waals surface area contributed by atoms with Crippen LogP contribution in [0.1, 0.15) is 46.1 Å². The third-order valence-electron chi connectivity index (χ3n) is 7.10. The van der Waals surface area contributed by atoms with Gasteiger partial charge in [0.1, 0.15) is 11.4 Å². The van der Waals surface area contributed by atoms with E-state index < -0.39 is 11.7 Å². The van der Waals surface area contributed by atoms with Crippen molar-refractivity contribution in [1.29, 1.82) is 0 Å². The van der Waals surface area contributed by atoms with Crippen LogP contribution in [-0.4, -0.2) is 68.4 Å². The van der Waals surface area contributed by atoms with Crippen molar-refractivity contribution in [2.24, 2.45) is 0 Å². The first kappa shape index (κ1) is 30.0. The van der Waals surface area contributed by atoms with Crippen LogP contribution in [0.2, 0.25) is 0 Å². The van der Waals surface area contributed by atoms with Crippen LogP contribution in [-0.2, 0) is 4.74 Å². The third kappa shape index (κ3) is 7.50. The molecule has 3 heterocycles. The summed E-state index contributed by atoms with van der Waals surface area (Å²) in [6, 6.07) is 15.7. The fraction of sp³-hybridized carbons (Fsp3) is 0.394. The van der Waals surface area contributed by atoms with Gasteiger partial charge in [-0.1, -0.05) is 24.3 Å². The minimum Gasteiger partial charge on any atom is -0.444 e. The van der Waals surface area contributed by atoms with Gasteiger partial charge in [-0.15, -0.1) is 0 Å². The van der Waals surface area contributed by atoms with Gasteiger partial charge in [0.05, 0.1) is 17.4 Å². The number of aliphatic hydroxyl groups excluding tert-OH is 1. The Morgan fingerprint density at radius 2 is 1.93 bits per heavy atom. The predicted octanol–water partition coefficient (Wildman–Crippen LogP) is 6.40. The second-order valence-electron chi connectivity index (χ2n) is 12.0. The highest BCUT2D eigenvalue weighted by atomic mass is 16.6. The van der Waals surface area contributed by atoms with E-state index >= 15 is 0 Å². The number of piperidine rings is 1. The number of fused-ring (bicyclic) bond motifs is 1. The Kier molecular flexibility index (Phi) is 8.96. The van der Waals surface area contributed by atoms with Crippen LogP contribution in [0.4, 0.5) is 16.4 Å². The SMILES string of the molecule is Cc1ccc2c(NC[C@H](C)O)cccc2c1Oc1ncccc1-c1ccnc(NC2CCCN(C(=O)OC(C)(C)C)C2)n1. The predicted molar refractivity (Wildman–Crippen MR) is 169 cm³/mol. The first-order chi connectivity index (χ1) is 20.6. The summed E-state index contributed by atoms with van der Waals surface area (Å²) in [6.45, 7) is 11.0. The van der Waals surface area contributed by atoms with E-state index in [0.717, 1.165) is 40.4 Å². The van der Waals surface area contributed by atoms with Gasteiger partial charge in [-0.25, -0.2) is 19.7 Å². The molecule has 2 aromatic heterocycles. The summed E-state index contributed by atoms with van der Waals surface area (Å²) < 4.78 is 12.1. The molecule has 1 fully saturated rings. The van der Waals surface area contributed by atoms with Crippen molar-refractivity contribution in [2.75, 3.05) is 30.3 Å². The number of carbonyl (C=O) groups excluding carboxylic acids is 1. The van der Waals surface area contributed by atoms with Crippen LogP contribution < -0.4 is 15.4 Å². The summed E-state index contributed by atoms with van der Waals surface area (Å²) in [6.07, 6.45) is 4.38. The standard InChI is InChI=1S/C33H40N6O4/c1-21-13-14-24-25(10-6-12-27(24)36-19-22(2)40)29(21)42-30-26(11-7-16-34-30)28-15-17-35-31(38-28)37-23-9-8-18-39(20-23)32(41)43-33(3,4)5/h6-7,10-17,22-23,36,40H,8-9,18-20H2,1-5H3,(H,35,37,38)/t22-,23?/m0/s1. The summed E-state index contributed by atoms with van der Waals surface area (Å²) in [5.41, 5.74) is 2.74. The number of aliphatic hydroxyl groups is 1. The molecule has 1 saturated heterocycles. The highest BCUT2D eigenvalue weighted by molar-refractivity contribution is 5.98. The van der Waals surface area contributed by atoms with Crippen molar-refractivity contribution in [1.82, 2.24) is 19.9 Å². The molecule has 0 radical (unpaired) electrons. The molecule has 43 heavy (non-hydrogen) atoms. The largest absolute Gasteiger partial charge is 0.444 e. The highest BCUT2D eigenvalue weighted by Crippen LogP contribution is 2.38. The van der Waals surface area contributed by atoms with E-state index in [-0.39, 0.29) is 12.1 Å². The third-order valence-corrected chi connectivity index (χ3v) is 7.10. The molecule has 10 heteroatoms. The van der Waals surface area contributed by atoms with E-state index in [1.165, 1.54) is 0 Å². The first-order valence-electron chi connectivity index (χ1n) is 14.7. The van der Waals surface area contributed by atoms with Gasteiger partial charge >= 0.3 is 6.09 Å².